The fraction of sp³-hybridized carbons (Fsp3) is 0.429. The molecule has 0 spiro atoms. The summed E-state index contributed by atoms with van der Waals surface area (Å²) in [6.45, 7) is 6.58. The van der Waals surface area contributed by atoms with Gasteiger partial charge in [0.25, 0.3) is 0 Å². The molecule has 2 aromatic heterocycles. The van der Waals surface area contributed by atoms with Crippen LogP contribution in [0.1, 0.15) is 47.6 Å². The molecule has 0 atom stereocenters. The zero-order valence-electron chi connectivity index (χ0n) is 16.1. The summed E-state index contributed by atoms with van der Waals surface area (Å²) in [6, 6.07) is 5.91. The van der Waals surface area contributed by atoms with Crippen molar-refractivity contribution in [1.82, 2.24) is 10.1 Å². The van der Waals surface area contributed by atoms with E-state index in [4.69, 9.17) is 18.8 Å². The van der Waals surface area contributed by atoms with E-state index in [9.17, 15) is 0 Å². The third-order valence-electron chi connectivity index (χ3n) is 4.41. The maximum Gasteiger partial charge on any atom is 0.226 e. The second kappa shape index (κ2) is 8.86. The Morgan fingerprint density at radius 3 is 2.44 bits per heavy atom. The minimum atomic E-state index is -0.0789. The highest BCUT2D eigenvalue weighted by atomic mass is 16.5. The summed E-state index contributed by atoms with van der Waals surface area (Å²) >= 11 is 0. The monoisotopic (exact) mass is 370 g/mol. The largest absolute Gasteiger partial charge is 0.493 e. The minimum absolute atomic E-state index is 0.0789. The van der Waals surface area contributed by atoms with Gasteiger partial charge in [-0.05, 0) is 63.3 Å². The van der Waals surface area contributed by atoms with Crippen LogP contribution in [0, 0.1) is 20.8 Å². The molecule has 27 heavy (non-hydrogen) atoms. The number of benzene rings is 1. The van der Waals surface area contributed by atoms with Gasteiger partial charge in [-0.25, -0.2) is 4.98 Å². The van der Waals surface area contributed by atoms with Crippen LogP contribution in [0.25, 0.3) is 11.5 Å². The van der Waals surface area contributed by atoms with Gasteiger partial charge < -0.3 is 18.8 Å². The van der Waals surface area contributed by atoms with Crippen molar-refractivity contribution in [2.75, 3.05) is 6.61 Å². The molecule has 0 aliphatic rings. The van der Waals surface area contributed by atoms with E-state index >= 15 is 0 Å². The molecule has 0 unspecified atom stereocenters. The molecule has 6 heteroatoms. The molecule has 3 aromatic rings. The Balaban J connectivity index is 1.46. The number of hydrogen-bond acceptors (Lipinski definition) is 6. The van der Waals surface area contributed by atoms with Gasteiger partial charge in [0.15, 0.2) is 0 Å². The summed E-state index contributed by atoms with van der Waals surface area (Å²) < 4.78 is 16.8. The second-order valence-electron chi connectivity index (χ2n) is 6.82. The van der Waals surface area contributed by atoms with Crippen molar-refractivity contribution in [2.24, 2.45) is 0 Å². The Morgan fingerprint density at radius 1 is 1.04 bits per heavy atom. The quantitative estimate of drug-likeness (QED) is 0.557. The number of ether oxygens (including phenoxy) is 1. The predicted molar refractivity (Wildman–Crippen MR) is 102 cm³/mol. The highest BCUT2D eigenvalue weighted by Gasteiger charge is 2.11. The van der Waals surface area contributed by atoms with Crippen LogP contribution in [0.2, 0.25) is 0 Å². The van der Waals surface area contributed by atoms with Crippen molar-refractivity contribution >= 4 is 0 Å². The van der Waals surface area contributed by atoms with E-state index in [1.165, 1.54) is 0 Å². The van der Waals surface area contributed by atoms with Crippen LogP contribution in [0.5, 0.6) is 5.75 Å². The van der Waals surface area contributed by atoms with Crippen LogP contribution < -0.4 is 4.74 Å². The SMILES string of the molecule is Cc1cnc(-c2cc(C)c(OCCCCCc3cc(CO)no3)c(C)c2)o1. The van der Waals surface area contributed by atoms with Crippen LogP contribution in [0.3, 0.4) is 0 Å². The van der Waals surface area contributed by atoms with Gasteiger partial charge in [0.2, 0.25) is 5.89 Å². The Labute approximate surface area is 159 Å². The molecule has 0 aliphatic heterocycles. The van der Waals surface area contributed by atoms with E-state index in [-0.39, 0.29) is 6.61 Å². The third kappa shape index (κ3) is 4.98. The van der Waals surface area contributed by atoms with Crippen LogP contribution in [-0.4, -0.2) is 21.9 Å². The van der Waals surface area contributed by atoms with Crippen molar-refractivity contribution in [3.63, 3.8) is 0 Å². The Morgan fingerprint density at radius 2 is 1.81 bits per heavy atom. The normalized spacial score (nSPS) is 11.1. The molecule has 0 radical (unpaired) electrons. The number of aromatic nitrogens is 2. The van der Waals surface area contributed by atoms with Crippen LogP contribution >= 0.6 is 0 Å². The lowest BCUT2D eigenvalue weighted by molar-refractivity contribution is 0.264. The number of rotatable bonds is 9. The van der Waals surface area contributed by atoms with E-state index in [1.54, 1.807) is 12.3 Å². The number of hydrogen-bond donors (Lipinski definition) is 1. The molecular weight excluding hydrogens is 344 g/mol. The number of unbranched alkanes of at least 4 members (excludes halogenated alkanes) is 2. The fourth-order valence-corrected chi connectivity index (χ4v) is 3.09. The Hall–Kier alpha value is -2.60. The smallest absolute Gasteiger partial charge is 0.226 e. The van der Waals surface area contributed by atoms with Crippen molar-refractivity contribution in [3.05, 3.63) is 52.7 Å². The molecular formula is C21H26N2O4. The summed E-state index contributed by atoms with van der Waals surface area (Å²) in [5.41, 5.74) is 3.72. The van der Waals surface area contributed by atoms with E-state index < -0.39 is 0 Å². The summed E-state index contributed by atoms with van der Waals surface area (Å²) in [5, 5.41) is 12.8. The minimum Gasteiger partial charge on any atom is -0.493 e. The molecule has 0 bridgehead atoms. The lowest BCUT2D eigenvalue weighted by Crippen LogP contribution is -2.01. The number of nitrogens with zero attached hydrogens (tertiary/aromatic N) is 2. The van der Waals surface area contributed by atoms with Crippen LogP contribution in [0.15, 0.2) is 33.3 Å². The van der Waals surface area contributed by atoms with Crippen LogP contribution in [0.4, 0.5) is 0 Å². The molecule has 6 nitrogen and oxygen atoms in total. The van der Waals surface area contributed by atoms with E-state index in [0.29, 0.717) is 18.2 Å². The molecule has 0 amide bonds. The average molecular weight is 370 g/mol. The lowest BCUT2D eigenvalue weighted by Gasteiger charge is -2.13. The Kier molecular flexibility index (Phi) is 6.29. The van der Waals surface area contributed by atoms with Crippen LogP contribution in [-0.2, 0) is 13.0 Å². The van der Waals surface area contributed by atoms with Gasteiger partial charge in [0.05, 0.1) is 19.4 Å². The van der Waals surface area contributed by atoms with Gasteiger partial charge in [-0.15, -0.1) is 0 Å². The number of aliphatic hydroxyl groups is 1. The van der Waals surface area contributed by atoms with Gasteiger partial charge in [0.1, 0.15) is 23.0 Å². The summed E-state index contributed by atoms with van der Waals surface area (Å²) in [5.74, 6) is 3.20. The van der Waals surface area contributed by atoms with Gasteiger partial charge >= 0.3 is 0 Å². The predicted octanol–water partition coefficient (Wildman–Crippen LogP) is 4.54. The fourth-order valence-electron chi connectivity index (χ4n) is 3.09. The third-order valence-corrected chi connectivity index (χ3v) is 4.41. The number of aliphatic hydroxyl groups excluding tert-OH is 1. The molecule has 1 aromatic carbocycles. The van der Waals surface area contributed by atoms with E-state index in [0.717, 1.165) is 59.6 Å². The molecule has 2 heterocycles. The topological polar surface area (TPSA) is 81.5 Å². The number of aryl methyl sites for hydroxylation is 4. The average Bonchev–Trinajstić information content (AvgIpc) is 3.28. The molecule has 1 N–H and O–H groups in total. The second-order valence-corrected chi connectivity index (χ2v) is 6.82. The first-order valence-electron chi connectivity index (χ1n) is 9.29. The van der Waals surface area contributed by atoms with Gasteiger partial charge in [-0.3, -0.25) is 0 Å². The summed E-state index contributed by atoms with van der Waals surface area (Å²) in [7, 11) is 0. The molecule has 0 fully saturated rings. The Bertz CT molecular complexity index is 859. The molecule has 0 saturated carbocycles. The number of oxazole rings is 1. The highest BCUT2D eigenvalue weighted by molar-refractivity contribution is 5.60. The maximum absolute atomic E-state index is 8.98. The first-order valence-corrected chi connectivity index (χ1v) is 9.29. The maximum atomic E-state index is 8.98. The van der Waals surface area contributed by atoms with Gasteiger partial charge in [-0.2, -0.15) is 0 Å². The zero-order valence-corrected chi connectivity index (χ0v) is 16.1. The first kappa shape index (κ1) is 19.2. The first-order chi connectivity index (χ1) is 13.1. The molecule has 0 aliphatic carbocycles. The van der Waals surface area contributed by atoms with Crippen molar-refractivity contribution in [1.29, 1.82) is 0 Å². The molecule has 3 rings (SSSR count). The van der Waals surface area contributed by atoms with Crippen molar-refractivity contribution < 1.29 is 18.8 Å². The van der Waals surface area contributed by atoms with Gasteiger partial charge in [-0.1, -0.05) is 5.16 Å². The van der Waals surface area contributed by atoms with E-state index in [1.807, 2.05) is 20.8 Å². The van der Waals surface area contributed by atoms with Crippen molar-refractivity contribution in [3.8, 4) is 17.2 Å². The lowest BCUT2D eigenvalue weighted by atomic mass is 10.1. The van der Waals surface area contributed by atoms with Gasteiger partial charge in [0, 0.05) is 18.1 Å². The molecule has 144 valence electrons. The highest BCUT2D eigenvalue weighted by Crippen LogP contribution is 2.30. The van der Waals surface area contributed by atoms with Crippen molar-refractivity contribution in [2.45, 2.75) is 53.1 Å². The summed E-state index contributed by atoms with van der Waals surface area (Å²) in [4.78, 5) is 4.29. The zero-order chi connectivity index (χ0) is 19.2. The standard InChI is InChI=1S/C21H26N2O4/c1-14-9-17(21-22-12-16(3)26-21)10-15(2)20(14)25-8-6-4-5-7-19-11-18(13-24)23-27-19/h9-12,24H,4-8,13H2,1-3H3. The molecule has 0 saturated heterocycles. The summed E-state index contributed by atoms with van der Waals surface area (Å²) in [6.07, 6.45) is 5.58. The van der Waals surface area contributed by atoms with E-state index in [2.05, 4.69) is 22.3 Å².